The molecule has 0 aromatic rings. The zero-order valence-corrected chi connectivity index (χ0v) is 10.3. The summed E-state index contributed by atoms with van der Waals surface area (Å²) in [6, 6.07) is 1.04. The van der Waals surface area contributed by atoms with Crippen LogP contribution < -0.4 is 0 Å². The molecule has 0 radical (unpaired) electrons. The molecule has 0 aromatic carbocycles. The first-order valence-corrected chi connectivity index (χ1v) is 5.84. The van der Waals surface area contributed by atoms with Crippen LogP contribution in [0.3, 0.4) is 0 Å². The van der Waals surface area contributed by atoms with E-state index in [-0.39, 0.29) is 0 Å². The van der Waals surface area contributed by atoms with Crippen molar-refractivity contribution in [2.24, 2.45) is 5.41 Å². The smallest absolute Gasteiger partial charge is 0.310 e. The van der Waals surface area contributed by atoms with Gasteiger partial charge in [-0.3, -0.25) is 9.69 Å². The summed E-state index contributed by atoms with van der Waals surface area (Å²) in [7, 11) is 0. The Morgan fingerprint density at radius 2 is 1.80 bits per heavy atom. The number of hydrogen-bond acceptors (Lipinski definition) is 2. The summed E-state index contributed by atoms with van der Waals surface area (Å²) in [5.41, 5.74) is -0.639. The number of nitrogens with zero attached hydrogens (tertiary/aromatic N) is 1. The van der Waals surface area contributed by atoms with E-state index in [2.05, 4.69) is 18.7 Å². The number of carboxylic acid groups (broad SMARTS) is 1. The number of aliphatic carboxylic acids is 1. The molecule has 0 unspecified atom stereocenters. The van der Waals surface area contributed by atoms with E-state index in [0.29, 0.717) is 18.6 Å². The Morgan fingerprint density at radius 1 is 1.33 bits per heavy atom. The zero-order valence-electron chi connectivity index (χ0n) is 10.3. The summed E-state index contributed by atoms with van der Waals surface area (Å²) < 4.78 is 0. The highest BCUT2D eigenvalue weighted by atomic mass is 16.4. The fourth-order valence-corrected chi connectivity index (χ4v) is 2.31. The lowest BCUT2D eigenvalue weighted by atomic mass is 9.89. The quantitative estimate of drug-likeness (QED) is 0.782. The van der Waals surface area contributed by atoms with Crippen LogP contribution in [0.2, 0.25) is 0 Å². The van der Waals surface area contributed by atoms with Crippen molar-refractivity contribution in [3.05, 3.63) is 0 Å². The monoisotopic (exact) mass is 213 g/mol. The zero-order chi connectivity index (χ0) is 11.6. The lowest BCUT2D eigenvalue weighted by molar-refractivity contribution is -0.148. The molecule has 0 aliphatic carbocycles. The fourth-order valence-electron chi connectivity index (χ4n) is 2.31. The number of piperidine rings is 1. The standard InChI is InChI=1S/C12H23NO2/c1-9-6-5-7-10(2)13(9)8-12(3,4)11(14)15/h9-10H,5-8H2,1-4H3,(H,14,15)/t9-,10+. The third-order valence-electron chi connectivity index (χ3n) is 3.53. The minimum Gasteiger partial charge on any atom is -0.481 e. The van der Waals surface area contributed by atoms with Crippen LogP contribution in [0.15, 0.2) is 0 Å². The highest BCUT2D eigenvalue weighted by Crippen LogP contribution is 2.27. The van der Waals surface area contributed by atoms with E-state index < -0.39 is 11.4 Å². The molecule has 88 valence electrons. The van der Waals surface area contributed by atoms with E-state index in [1.165, 1.54) is 19.3 Å². The molecular weight excluding hydrogens is 190 g/mol. The Balaban J connectivity index is 2.66. The predicted octanol–water partition coefficient (Wildman–Crippen LogP) is 2.36. The maximum atomic E-state index is 11.1. The van der Waals surface area contributed by atoms with Crippen LogP contribution in [0, 0.1) is 5.41 Å². The molecule has 1 heterocycles. The third kappa shape index (κ3) is 2.94. The molecule has 0 aromatic heterocycles. The van der Waals surface area contributed by atoms with Gasteiger partial charge in [-0.05, 0) is 40.5 Å². The molecule has 3 nitrogen and oxygen atoms in total. The van der Waals surface area contributed by atoms with E-state index in [4.69, 9.17) is 5.11 Å². The third-order valence-corrected chi connectivity index (χ3v) is 3.53. The van der Waals surface area contributed by atoms with E-state index in [1.807, 2.05) is 13.8 Å². The molecule has 1 fully saturated rings. The number of likely N-dealkylation sites (tertiary alicyclic amines) is 1. The average molecular weight is 213 g/mol. The number of carbonyl (C=O) groups is 1. The molecule has 15 heavy (non-hydrogen) atoms. The highest BCUT2D eigenvalue weighted by Gasteiger charge is 2.34. The van der Waals surface area contributed by atoms with Gasteiger partial charge in [-0.15, -0.1) is 0 Å². The second-order valence-corrected chi connectivity index (χ2v) is 5.49. The molecule has 1 aliphatic rings. The topological polar surface area (TPSA) is 40.5 Å². The molecule has 0 amide bonds. The summed E-state index contributed by atoms with van der Waals surface area (Å²) in [5.74, 6) is -0.701. The molecule has 0 bridgehead atoms. The molecule has 1 saturated heterocycles. The molecule has 0 saturated carbocycles. The first-order valence-electron chi connectivity index (χ1n) is 5.84. The Morgan fingerprint density at radius 3 is 2.20 bits per heavy atom. The van der Waals surface area contributed by atoms with Crippen LogP contribution >= 0.6 is 0 Å². The van der Waals surface area contributed by atoms with Gasteiger partial charge in [-0.2, -0.15) is 0 Å². The molecular formula is C12H23NO2. The van der Waals surface area contributed by atoms with Gasteiger partial charge in [0.05, 0.1) is 5.41 Å². The Kier molecular flexibility index (Phi) is 3.77. The van der Waals surface area contributed by atoms with Gasteiger partial charge in [-0.25, -0.2) is 0 Å². The number of hydrogen-bond donors (Lipinski definition) is 1. The van der Waals surface area contributed by atoms with Gasteiger partial charge in [0.2, 0.25) is 0 Å². The van der Waals surface area contributed by atoms with E-state index in [9.17, 15) is 4.79 Å². The molecule has 3 heteroatoms. The molecule has 1 rings (SSSR count). The SMILES string of the molecule is C[C@@H]1CCC[C@H](C)N1CC(C)(C)C(=O)O. The van der Waals surface area contributed by atoms with Crippen LogP contribution in [0.5, 0.6) is 0 Å². The predicted molar refractivity (Wildman–Crippen MR) is 60.9 cm³/mol. The Labute approximate surface area is 92.5 Å². The highest BCUT2D eigenvalue weighted by molar-refractivity contribution is 5.73. The van der Waals surface area contributed by atoms with Gasteiger partial charge in [0.15, 0.2) is 0 Å². The van der Waals surface area contributed by atoms with Crippen molar-refractivity contribution in [2.45, 2.75) is 59.0 Å². The van der Waals surface area contributed by atoms with Crippen LogP contribution in [-0.4, -0.2) is 34.6 Å². The maximum Gasteiger partial charge on any atom is 0.310 e. The van der Waals surface area contributed by atoms with Crippen molar-refractivity contribution in [1.29, 1.82) is 0 Å². The lowest BCUT2D eigenvalue weighted by Gasteiger charge is -2.42. The van der Waals surface area contributed by atoms with Crippen LogP contribution in [-0.2, 0) is 4.79 Å². The minimum atomic E-state index is -0.701. The van der Waals surface area contributed by atoms with Gasteiger partial charge in [0.25, 0.3) is 0 Å². The van der Waals surface area contributed by atoms with Crippen LogP contribution in [0.25, 0.3) is 0 Å². The normalized spacial score (nSPS) is 29.1. The fraction of sp³-hybridized carbons (Fsp3) is 0.917. The number of carboxylic acids is 1. The van der Waals surface area contributed by atoms with Crippen LogP contribution in [0.1, 0.15) is 47.0 Å². The van der Waals surface area contributed by atoms with Crippen molar-refractivity contribution in [3.63, 3.8) is 0 Å². The second-order valence-electron chi connectivity index (χ2n) is 5.49. The lowest BCUT2D eigenvalue weighted by Crippen LogP contribution is -2.49. The van der Waals surface area contributed by atoms with Crippen LogP contribution in [0.4, 0.5) is 0 Å². The Hall–Kier alpha value is -0.570. The second kappa shape index (κ2) is 4.52. The molecule has 1 N–H and O–H groups in total. The van der Waals surface area contributed by atoms with Crippen molar-refractivity contribution in [3.8, 4) is 0 Å². The van der Waals surface area contributed by atoms with Crippen molar-refractivity contribution >= 4 is 5.97 Å². The molecule has 0 spiro atoms. The van der Waals surface area contributed by atoms with Gasteiger partial charge in [-0.1, -0.05) is 6.42 Å². The van der Waals surface area contributed by atoms with Crippen molar-refractivity contribution in [1.82, 2.24) is 4.90 Å². The number of rotatable bonds is 3. The minimum absolute atomic E-state index is 0.521. The summed E-state index contributed by atoms with van der Waals surface area (Å²) in [5, 5.41) is 9.12. The first kappa shape index (κ1) is 12.5. The summed E-state index contributed by atoms with van der Waals surface area (Å²) >= 11 is 0. The summed E-state index contributed by atoms with van der Waals surface area (Å²) in [6.07, 6.45) is 3.66. The average Bonchev–Trinajstić information content (AvgIpc) is 2.11. The molecule has 2 atom stereocenters. The first-order chi connectivity index (χ1) is 6.84. The summed E-state index contributed by atoms with van der Waals surface area (Å²) in [4.78, 5) is 13.4. The summed E-state index contributed by atoms with van der Waals surface area (Å²) in [6.45, 7) is 8.68. The maximum absolute atomic E-state index is 11.1. The van der Waals surface area contributed by atoms with Gasteiger partial charge >= 0.3 is 5.97 Å². The van der Waals surface area contributed by atoms with Crippen molar-refractivity contribution in [2.75, 3.05) is 6.54 Å². The van der Waals surface area contributed by atoms with E-state index in [1.54, 1.807) is 0 Å². The Bertz CT molecular complexity index is 228. The largest absolute Gasteiger partial charge is 0.481 e. The van der Waals surface area contributed by atoms with Gasteiger partial charge < -0.3 is 5.11 Å². The van der Waals surface area contributed by atoms with Gasteiger partial charge in [0, 0.05) is 18.6 Å². The molecule has 1 aliphatic heterocycles. The van der Waals surface area contributed by atoms with E-state index >= 15 is 0 Å². The van der Waals surface area contributed by atoms with E-state index in [0.717, 1.165) is 0 Å². The van der Waals surface area contributed by atoms with Crippen molar-refractivity contribution < 1.29 is 9.90 Å². The van der Waals surface area contributed by atoms with Gasteiger partial charge in [0.1, 0.15) is 0 Å².